The van der Waals surface area contributed by atoms with Gasteiger partial charge in [-0.05, 0) is 95.3 Å². The number of aromatic nitrogens is 1. The SMILES string of the molecule is Cc1ccc(S(=O)(=O)n2cc3c4c2C(=O)C(N[C@H](CO[Si](C)(C)C(C)(C)C)Cc2ccc(O)c(Br)c2)=CC4=NCC3)cc1. The maximum Gasteiger partial charge on any atom is 0.268 e. The number of hydrogen-bond donors (Lipinski definition) is 2. The number of aryl methyl sites for hydroxylation is 1. The number of Topliss-reactive ketones (excluding diaryl/α,β-unsaturated/α-hetero) is 1. The average molecular weight is 685 g/mol. The van der Waals surface area contributed by atoms with Crippen LogP contribution in [-0.2, 0) is 27.3 Å². The minimum atomic E-state index is -4.03. The molecule has 0 radical (unpaired) electrons. The van der Waals surface area contributed by atoms with Crippen LogP contribution in [0, 0.1) is 6.92 Å². The topological polar surface area (TPSA) is 110 Å². The van der Waals surface area contributed by atoms with Gasteiger partial charge in [0.05, 0.1) is 33.4 Å². The van der Waals surface area contributed by atoms with E-state index in [-0.39, 0.29) is 33.1 Å². The molecule has 0 saturated heterocycles. The van der Waals surface area contributed by atoms with Crippen LogP contribution in [0.4, 0.5) is 0 Å². The first kappa shape index (κ1) is 31.4. The first-order valence-electron chi connectivity index (χ1n) is 14.3. The van der Waals surface area contributed by atoms with Gasteiger partial charge < -0.3 is 14.8 Å². The number of halogens is 1. The lowest BCUT2D eigenvalue weighted by atomic mass is 9.92. The van der Waals surface area contributed by atoms with E-state index in [2.05, 4.69) is 60.1 Å². The van der Waals surface area contributed by atoms with Crippen LogP contribution < -0.4 is 5.32 Å². The van der Waals surface area contributed by atoms with E-state index in [0.29, 0.717) is 41.7 Å². The molecule has 0 spiro atoms. The lowest BCUT2D eigenvalue weighted by Gasteiger charge is -2.37. The standard InChI is InChI=1S/C32H38BrN3O5SSi/c1-20-7-10-24(11-8-20)42(39,40)36-18-22-13-14-34-26-17-27(31(38)30(36)29(22)26)35-23(19-41-43(5,6)32(2,3)4)15-21-9-12-28(37)25(33)16-21/h7-12,16-18,23,35,37H,13-15,19H2,1-6H3/t23-/m0/s1. The summed E-state index contributed by atoms with van der Waals surface area (Å²) in [6.45, 7) is 13.6. The van der Waals surface area contributed by atoms with Crippen molar-refractivity contribution in [2.75, 3.05) is 13.2 Å². The van der Waals surface area contributed by atoms with E-state index < -0.39 is 24.1 Å². The second-order valence-electron chi connectivity index (χ2n) is 12.8. The van der Waals surface area contributed by atoms with Crippen molar-refractivity contribution in [3.63, 3.8) is 0 Å². The number of hydrogen-bond acceptors (Lipinski definition) is 7. The van der Waals surface area contributed by atoms with E-state index in [4.69, 9.17) is 4.43 Å². The number of ketones is 1. The molecule has 5 rings (SSSR count). The summed E-state index contributed by atoms with van der Waals surface area (Å²) in [5, 5.41) is 13.4. The average Bonchev–Trinajstić information content (AvgIpc) is 3.34. The van der Waals surface area contributed by atoms with Gasteiger partial charge in [0, 0.05) is 18.3 Å². The molecule has 3 aromatic rings. The second-order valence-corrected chi connectivity index (χ2v) is 20.3. The molecule has 2 aliphatic rings. The Bertz CT molecular complexity index is 1750. The number of carbonyl (C=O) groups is 1. The quantitative estimate of drug-likeness (QED) is 0.262. The molecule has 1 aromatic heterocycles. The third kappa shape index (κ3) is 6.18. The molecule has 1 atom stereocenters. The van der Waals surface area contributed by atoms with Gasteiger partial charge in [0.2, 0.25) is 5.78 Å². The predicted molar refractivity (Wildman–Crippen MR) is 175 cm³/mol. The highest BCUT2D eigenvalue weighted by Gasteiger charge is 2.39. The van der Waals surface area contributed by atoms with Crippen molar-refractivity contribution in [2.45, 2.75) is 69.6 Å². The number of allylic oxidation sites excluding steroid dienone is 2. The number of phenolic OH excluding ortho intramolecular Hbond substituents is 1. The number of rotatable bonds is 9. The van der Waals surface area contributed by atoms with Crippen molar-refractivity contribution < 1.29 is 22.7 Å². The molecule has 1 aliphatic carbocycles. The molecule has 228 valence electrons. The lowest BCUT2D eigenvalue weighted by Crippen LogP contribution is -2.46. The normalized spacial score (nSPS) is 15.9. The predicted octanol–water partition coefficient (Wildman–Crippen LogP) is 6.15. The summed E-state index contributed by atoms with van der Waals surface area (Å²) in [6, 6.07) is 11.6. The van der Waals surface area contributed by atoms with Crippen LogP contribution in [0.2, 0.25) is 18.1 Å². The van der Waals surface area contributed by atoms with E-state index in [1.165, 1.54) is 0 Å². The zero-order valence-electron chi connectivity index (χ0n) is 25.4. The number of nitrogens with one attached hydrogen (secondary N) is 1. The van der Waals surface area contributed by atoms with Crippen LogP contribution in [-0.4, -0.2) is 56.5 Å². The van der Waals surface area contributed by atoms with Crippen molar-refractivity contribution in [1.29, 1.82) is 0 Å². The Morgan fingerprint density at radius 3 is 2.51 bits per heavy atom. The van der Waals surface area contributed by atoms with Gasteiger partial charge in [-0.3, -0.25) is 9.79 Å². The van der Waals surface area contributed by atoms with E-state index in [0.717, 1.165) is 20.7 Å². The van der Waals surface area contributed by atoms with Gasteiger partial charge in [-0.25, -0.2) is 12.4 Å². The highest BCUT2D eigenvalue weighted by molar-refractivity contribution is 9.10. The largest absolute Gasteiger partial charge is 0.507 e. The number of carbonyl (C=O) groups excluding carboxylic acids is 1. The fraction of sp³-hybridized carbons (Fsp3) is 0.375. The van der Waals surface area contributed by atoms with Gasteiger partial charge in [0.1, 0.15) is 11.4 Å². The zero-order chi connectivity index (χ0) is 31.3. The Hall–Kier alpha value is -2.99. The second kappa shape index (κ2) is 11.5. The van der Waals surface area contributed by atoms with Crippen LogP contribution >= 0.6 is 15.9 Å². The lowest BCUT2D eigenvalue weighted by molar-refractivity contribution is 0.101. The molecule has 1 aliphatic heterocycles. The van der Waals surface area contributed by atoms with E-state index in [1.807, 2.05) is 19.1 Å². The maximum atomic E-state index is 14.2. The summed E-state index contributed by atoms with van der Waals surface area (Å²) < 4.78 is 36.0. The molecule has 2 heterocycles. The Balaban J connectivity index is 1.52. The summed E-state index contributed by atoms with van der Waals surface area (Å²) in [6.07, 6.45) is 4.38. The van der Waals surface area contributed by atoms with Crippen molar-refractivity contribution >= 4 is 45.8 Å². The minimum absolute atomic E-state index is 0.00760. The molecule has 2 N–H and O–H groups in total. The van der Waals surface area contributed by atoms with Crippen molar-refractivity contribution in [2.24, 2.45) is 4.99 Å². The molecular formula is C32H38BrN3O5SSi. The summed E-state index contributed by atoms with van der Waals surface area (Å²) in [4.78, 5) is 19.0. The first-order chi connectivity index (χ1) is 20.1. The van der Waals surface area contributed by atoms with Gasteiger partial charge in [-0.2, -0.15) is 0 Å². The molecule has 43 heavy (non-hydrogen) atoms. The highest BCUT2D eigenvalue weighted by Crippen LogP contribution is 2.37. The molecule has 8 nitrogen and oxygen atoms in total. The fourth-order valence-electron chi connectivity index (χ4n) is 5.02. The van der Waals surface area contributed by atoms with Crippen LogP contribution in [0.25, 0.3) is 0 Å². The van der Waals surface area contributed by atoms with Crippen LogP contribution in [0.1, 0.15) is 53.5 Å². The van der Waals surface area contributed by atoms with Crippen molar-refractivity contribution in [3.8, 4) is 5.75 Å². The highest BCUT2D eigenvalue weighted by atomic mass is 79.9. The van der Waals surface area contributed by atoms with Gasteiger partial charge in [0.25, 0.3) is 10.0 Å². The number of aliphatic imine (C=N–C) groups is 1. The molecule has 0 fully saturated rings. The number of phenols is 1. The van der Waals surface area contributed by atoms with Gasteiger partial charge in [-0.15, -0.1) is 0 Å². The summed E-state index contributed by atoms with van der Waals surface area (Å²) >= 11 is 3.40. The monoisotopic (exact) mass is 683 g/mol. The Morgan fingerprint density at radius 1 is 1.16 bits per heavy atom. The summed E-state index contributed by atoms with van der Waals surface area (Å²) in [5.41, 5.74) is 4.26. The Morgan fingerprint density at radius 2 is 1.86 bits per heavy atom. The van der Waals surface area contributed by atoms with Gasteiger partial charge in [0.15, 0.2) is 8.32 Å². The van der Waals surface area contributed by atoms with E-state index in [9.17, 15) is 18.3 Å². The number of nitrogens with zero attached hydrogens (tertiary/aromatic N) is 2. The van der Waals surface area contributed by atoms with Crippen molar-refractivity contribution in [3.05, 3.63) is 92.9 Å². The zero-order valence-corrected chi connectivity index (χ0v) is 28.8. The van der Waals surface area contributed by atoms with Crippen molar-refractivity contribution in [1.82, 2.24) is 9.29 Å². The third-order valence-corrected chi connectivity index (χ3v) is 15.4. The minimum Gasteiger partial charge on any atom is -0.507 e. The molecule has 11 heteroatoms. The van der Waals surface area contributed by atoms with Gasteiger partial charge >= 0.3 is 0 Å². The molecule has 0 amide bonds. The molecule has 2 aromatic carbocycles. The first-order valence-corrected chi connectivity index (χ1v) is 19.5. The molecule has 0 saturated carbocycles. The van der Waals surface area contributed by atoms with E-state index in [1.54, 1.807) is 42.6 Å². The van der Waals surface area contributed by atoms with E-state index >= 15 is 0 Å². The maximum absolute atomic E-state index is 14.2. The summed E-state index contributed by atoms with van der Waals surface area (Å²) in [7, 11) is -6.16. The number of benzene rings is 2. The Labute approximate surface area is 263 Å². The van der Waals surface area contributed by atoms with Crippen LogP contribution in [0.15, 0.2) is 74.8 Å². The smallest absolute Gasteiger partial charge is 0.268 e. The van der Waals surface area contributed by atoms with Crippen LogP contribution in [0.3, 0.4) is 0 Å². The van der Waals surface area contributed by atoms with Crippen LogP contribution in [0.5, 0.6) is 5.75 Å². The molecular weight excluding hydrogens is 646 g/mol. The molecule has 0 bridgehead atoms. The third-order valence-electron chi connectivity index (χ3n) is 8.59. The Kier molecular flexibility index (Phi) is 8.40. The van der Waals surface area contributed by atoms with Gasteiger partial charge in [-0.1, -0.05) is 44.5 Å². The number of aromatic hydroxyl groups is 1. The molecule has 0 unspecified atom stereocenters. The summed E-state index contributed by atoms with van der Waals surface area (Å²) in [5.74, 6) is -0.257. The fourth-order valence-corrected chi connectivity index (χ4v) is 7.89.